The quantitative estimate of drug-likeness (QED) is 0.717. The summed E-state index contributed by atoms with van der Waals surface area (Å²) in [6.45, 7) is 11.7. The minimum atomic E-state index is 1.07. The van der Waals surface area contributed by atoms with Crippen LogP contribution in [0.1, 0.15) is 17.5 Å². The van der Waals surface area contributed by atoms with Gasteiger partial charge in [0.1, 0.15) is 0 Å². The third-order valence-corrected chi connectivity index (χ3v) is 6.46. The van der Waals surface area contributed by atoms with Crippen LogP contribution in [0.3, 0.4) is 0 Å². The van der Waals surface area contributed by atoms with E-state index in [1.54, 1.807) is 0 Å². The van der Waals surface area contributed by atoms with E-state index in [0.29, 0.717) is 0 Å². The molecule has 0 N–H and O–H groups in total. The number of piperazine rings is 2. The molecular formula is C25H36N4. The Bertz CT molecular complexity index is 714. The SMILES string of the molecule is CN1CCN(CCCc2ccc(N3CCN(Cc4ccccc4)CC3)cc2)CC1. The monoisotopic (exact) mass is 392 g/mol. The summed E-state index contributed by atoms with van der Waals surface area (Å²) in [5, 5.41) is 0. The van der Waals surface area contributed by atoms with Crippen LogP contribution >= 0.6 is 0 Å². The number of rotatable bonds is 7. The lowest BCUT2D eigenvalue weighted by Crippen LogP contribution is -2.45. The van der Waals surface area contributed by atoms with E-state index in [4.69, 9.17) is 0 Å². The minimum Gasteiger partial charge on any atom is -0.369 e. The van der Waals surface area contributed by atoms with Crippen molar-refractivity contribution in [2.75, 3.05) is 70.9 Å². The molecule has 0 aliphatic carbocycles. The van der Waals surface area contributed by atoms with Crippen molar-refractivity contribution in [2.45, 2.75) is 19.4 Å². The summed E-state index contributed by atoms with van der Waals surface area (Å²) in [6, 6.07) is 20.2. The summed E-state index contributed by atoms with van der Waals surface area (Å²) in [5.74, 6) is 0. The van der Waals surface area contributed by atoms with Crippen LogP contribution < -0.4 is 4.90 Å². The van der Waals surface area contributed by atoms with Crippen LogP contribution in [0.5, 0.6) is 0 Å². The Hall–Kier alpha value is -1.88. The van der Waals surface area contributed by atoms with Gasteiger partial charge in [-0.3, -0.25) is 4.90 Å². The molecule has 2 fully saturated rings. The van der Waals surface area contributed by atoms with Gasteiger partial charge in [-0.05, 0) is 49.7 Å². The predicted octanol–water partition coefficient (Wildman–Crippen LogP) is 3.19. The van der Waals surface area contributed by atoms with Crippen LogP contribution in [0, 0.1) is 0 Å². The molecule has 0 unspecified atom stereocenters. The fourth-order valence-electron chi connectivity index (χ4n) is 4.46. The van der Waals surface area contributed by atoms with Crippen molar-refractivity contribution in [3.8, 4) is 0 Å². The average Bonchev–Trinajstić information content (AvgIpc) is 2.77. The lowest BCUT2D eigenvalue weighted by atomic mass is 10.1. The number of hydrogen-bond acceptors (Lipinski definition) is 4. The Balaban J connectivity index is 1.18. The van der Waals surface area contributed by atoms with Gasteiger partial charge >= 0.3 is 0 Å². The van der Waals surface area contributed by atoms with Gasteiger partial charge in [-0.2, -0.15) is 0 Å². The van der Waals surface area contributed by atoms with E-state index < -0.39 is 0 Å². The van der Waals surface area contributed by atoms with Gasteiger partial charge in [0, 0.05) is 64.6 Å². The Kier molecular flexibility index (Phi) is 7.20. The molecule has 0 bridgehead atoms. The van der Waals surface area contributed by atoms with Crippen LogP contribution in [0.15, 0.2) is 54.6 Å². The molecule has 4 nitrogen and oxygen atoms in total. The van der Waals surface area contributed by atoms with E-state index in [2.05, 4.69) is 81.2 Å². The predicted molar refractivity (Wildman–Crippen MR) is 123 cm³/mol. The van der Waals surface area contributed by atoms with Gasteiger partial charge < -0.3 is 14.7 Å². The van der Waals surface area contributed by atoms with Crippen molar-refractivity contribution in [3.63, 3.8) is 0 Å². The second kappa shape index (κ2) is 10.2. The van der Waals surface area contributed by atoms with Crippen molar-refractivity contribution < 1.29 is 0 Å². The molecule has 0 aromatic heterocycles. The molecule has 0 atom stereocenters. The summed E-state index contributed by atoms with van der Waals surface area (Å²) in [4.78, 5) is 10.1. The zero-order valence-corrected chi connectivity index (χ0v) is 18.0. The highest BCUT2D eigenvalue weighted by Crippen LogP contribution is 2.19. The molecule has 4 rings (SSSR count). The lowest BCUT2D eigenvalue weighted by Gasteiger charge is -2.36. The van der Waals surface area contributed by atoms with E-state index in [9.17, 15) is 0 Å². The highest BCUT2D eigenvalue weighted by atomic mass is 15.3. The maximum atomic E-state index is 2.61. The molecule has 2 saturated heterocycles. The molecule has 0 saturated carbocycles. The Morgan fingerprint density at radius 2 is 1.31 bits per heavy atom. The lowest BCUT2D eigenvalue weighted by molar-refractivity contribution is 0.153. The molecular weight excluding hydrogens is 356 g/mol. The first-order chi connectivity index (χ1) is 14.3. The van der Waals surface area contributed by atoms with Crippen LogP contribution in [-0.4, -0.2) is 80.7 Å². The Labute approximate surface area is 176 Å². The largest absolute Gasteiger partial charge is 0.369 e. The van der Waals surface area contributed by atoms with E-state index >= 15 is 0 Å². The second-order valence-electron chi connectivity index (χ2n) is 8.66. The van der Waals surface area contributed by atoms with Gasteiger partial charge in [0.05, 0.1) is 0 Å². The average molecular weight is 393 g/mol. The van der Waals surface area contributed by atoms with E-state index in [0.717, 1.165) is 32.7 Å². The third kappa shape index (κ3) is 6.05. The fraction of sp³-hybridized carbons (Fsp3) is 0.520. The van der Waals surface area contributed by atoms with Gasteiger partial charge in [0.25, 0.3) is 0 Å². The molecule has 0 radical (unpaired) electrons. The zero-order valence-electron chi connectivity index (χ0n) is 18.0. The Morgan fingerprint density at radius 3 is 2.00 bits per heavy atom. The van der Waals surface area contributed by atoms with Crippen molar-refractivity contribution in [2.24, 2.45) is 0 Å². The number of hydrogen-bond donors (Lipinski definition) is 0. The van der Waals surface area contributed by atoms with E-state index in [1.807, 2.05) is 0 Å². The van der Waals surface area contributed by atoms with Crippen molar-refractivity contribution >= 4 is 5.69 Å². The Morgan fingerprint density at radius 1 is 0.655 bits per heavy atom. The molecule has 2 aromatic rings. The topological polar surface area (TPSA) is 13.0 Å². The highest BCUT2D eigenvalue weighted by molar-refractivity contribution is 5.48. The van der Waals surface area contributed by atoms with Gasteiger partial charge in [0.2, 0.25) is 0 Å². The van der Waals surface area contributed by atoms with Crippen molar-refractivity contribution in [3.05, 3.63) is 65.7 Å². The van der Waals surface area contributed by atoms with Crippen LogP contribution in [0.25, 0.3) is 0 Å². The summed E-state index contributed by atoms with van der Waals surface area (Å²) >= 11 is 0. The van der Waals surface area contributed by atoms with E-state index in [1.165, 1.54) is 62.4 Å². The van der Waals surface area contributed by atoms with Gasteiger partial charge in [-0.15, -0.1) is 0 Å². The zero-order chi connectivity index (χ0) is 19.9. The fourth-order valence-corrected chi connectivity index (χ4v) is 4.46. The molecule has 4 heteroatoms. The first-order valence-electron chi connectivity index (χ1n) is 11.3. The van der Waals surface area contributed by atoms with Gasteiger partial charge in [-0.1, -0.05) is 42.5 Å². The molecule has 0 spiro atoms. The first kappa shape index (κ1) is 20.4. The highest BCUT2D eigenvalue weighted by Gasteiger charge is 2.17. The first-order valence-corrected chi connectivity index (χ1v) is 11.3. The third-order valence-electron chi connectivity index (χ3n) is 6.46. The number of anilines is 1. The second-order valence-corrected chi connectivity index (χ2v) is 8.66. The maximum Gasteiger partial charge on any atom is 0.0367 e. The number of nitrogens with zero attached hydrogens (tertiary/aromatic N) is 4. The summed E-state index contributed by atoms with van der Waals surface area (Å²) < 4.78 is 0. The number of benzene rings is 2. The number of likely N-dealkylation sites (N-methyl/N-ethyl adjacent to an activating group) is 1. The molecule has 29 heavy (non-hydrogen) atoms. The standard InChI is InChI=1S/C25H36N4/c1-26-14-16-27(17-15-26)13-5-8-23-9-11-25(12-10-23)29-20-18-28(19-21-29)22-24-6-3-2-4-7-24/h2-4,6-7,9-12H,5,8,13-22H2,1H3. The normalized spacial score (nSPS) is 19.6. The molecule has 156 valence electrons. The minimum absolute atomic E-state index is 1.07. The maximum absolute atomic E-state index is 2.61. The van der Waals surface area contributed by atoms with Gasteiger partial charge in [-0.25, -0.2) is 0 Å². The van der Waals surface area contributed by atoms with Crippen molar-refractivity contribution in [1.82, 2.24) is 14.7 Å². The molecule has 2 aliphatic rings. The molecule has 0 amide bonds. The van der Waals surface area contributed by atoms with Gasteiger partial charge in [0.15, 0.2) is 0 Å². The van der Waals surface area contributed by atoms with Crippen LogP contribution in [0.2, 0.25) is 0 Å². The smallest absolute Gasteiger partial charge is 0.0367 e. The van der Waals surface area contributed by atoms with Crippen molar-refractivity contribution in [1.29, 1.82) is 0 Å². The number of aryl methyl sites for hydroxylation is 1. The summed E-state index contributed by atoms with van der Waals surface area (Å²) in [6.07, 6.45) is 2.46. The van der Waals surface area contributed by atoms with Crippen LogP contribution in [0.4, 0.5) is 5.69 Å². The molecule has 2 aromatic carbocycles. The van der Waals surface area contributed by atoms with Crippen LogP contribution in [-0.2, 0) is 13.0 Å². The van der Waals surface area contributed by atoms with E-state index in [-0.39, 0.29) is 0 Å². The summed E-state index contributed by atoms with van der Waals surface area (Å²) in [5.41, 5.74) is 4.28. The summed E-state index contributed by atoms with van der Waals surface area (Å²) in [7, 11) is 2.22. The molecule has 2 aliphatic heterocycles. The molecule has 2 heterocycles.